The van der Waals surface area contributed by atoms with Crippen molar-refractivity contribution in [3.63, 3.8) is 0 Å². The van der Waals surface area contributed by atoms with Crippen LogP contribution in [-0.4, -0.2) is 36.2 Å². The van der Waals surface area contributed by atoms with E-state index >= 15 is 0 Å². The number of hydrogen-bond donors (Lipinski definition) is 2. The number of hydrogen-bond acceptors (Lipinski definition) is 3. The van der Waals surface area contributed by atoms with Crippen molar-refractivity contribution in [3.8, 4) is 0 Å². The van der Waals surface area contributed by atoms with E-state index in [2.05, 4.69) is 34.5 Å². The highest BCUT2D eigenvalue weighted by Gasteiger charge is 2.32. The Kier molecular flexibility index (Phi) is 5.23. The molecule has 2 N–H and O–H groups in total. The van der Waals surface area contributed by atoms with Gasteiger partial charge in [0.2, 0.25) is 0 Å². The van der Waals surface area contributed by atoms with E-state index in [4.69, 9.17) is 0 Å². The number of rotatable bonds is 6. The third-order valence-corrected chi connectivity index (χ3v) is 4.38. The predicted octanol–water partition coefficient (Wildman–Crippen LogP) is 2.67. The lowest BCUT2D eigenvalue weighted by molar-refractivity contribution is -0.144. The van der Waals surface area contributed by atoms with Crippen LogP contribution in [-0.2, 0) is 11.2 Å². The van der Waals surface area contributed by atoms with Crippen LogP contribution in [0, 0.1) is 0 Å². The highest BCUT2D eigenvalue weighted by atomic mass is 16.4. The summed E-state index contributed by atoms with van der Waals surface area (Å²) in [6.45, 7) is 6.18. The lowest BCUT2D eigenvalue weighted by atomic mass is 9.97. The van der Waals surface area contributed by atoms with Gasteiger partial charge in [0, 0.05) is 18.8 Å². The first kappa shape index (κ1) is 15.8. The number of fused-ring (bicyclic) bond motifs is 1. The van der Waals surface area contributed by atoms with E-state index in [1.807, 2.05) is 6.92 Å². The Morgan fingerprint density at radius 2 is 2.14 bits per heavy atom. The molecule has 0 amide bonds. The van der Waals surface area contributed by atoms with Gasteiger partial charge >= 0.3 is 5.97 Å². The molecule has 116 valence electrons. The van der Waals surface area contributed by atoms with Crippen molar-refractivity contribution < 1.29 is 9.90 Å². The number of para-hydroxylation sites is 1. The molecule has 0 radical (unpaired) electrons. The van der Waals surface area contributed by atoms with Gasteiger partial charge in [-0.05, 0) is 50.8 Å². The van der Waals surface area contributed by atoms with Crippen molar-refractivity contribution in [1.82, 2.24) is 5.32 Å². The number of carboxylic acid groups (broad SMARTS) is 1. The van der Waals surface area contributed by atoms with Crippen LogP contribution >= 0.6 is 0 Å². The van der Waals surface area contributed by atoms with E-state index in [1.165, 1.54) is 24.1 Å². The second kappa shape index (κ2) is 6.94. The molecule has 1 aliphatic rings. The van der Waals surface area contributed by atoms with Gasteiger partial charge in [-0.25, -0.2) is 0 Å². The van der Waals surface area contributed by atoms with Gasteiger partial charge in [0.1, 0.15) is 5.54 Å². The Bertz CT molecular complexity index is 489. The summed E-state index contributed by atoms with van der Waals surface area (Å²) in [5.74, 6) is -0.771. The zero-order valence-electron chi connectivity index (χ0n) is 13.1. The Morgan fingerprint density at radius 1 is 1.38 bits per heavy atom. The number of benzene rings is 1. The largest absolute Gasteiger partial charge is 0.480 e. The van der Waals surface area contributed by atoms with Crippen molar-refractivity contribution in [3.05, 3.63) is 29.8 Å². The molecule has 1 aromatic rings. The first-order chi connectivity index (χ1) is 10.1. The highest BCUT2D eigenvalue weighted by molar-refractivity contribution is 5.78. The van der Waals surface area contributed by atoms with E-state index in [0.717, 1.165) is 19.5 Å². The first-order valence-electron chi connectivity index (χ1n) is 7.88. The average Bonchev–Trinajstić information content (AvgIpc) is 2.67. The molecule has 1 heterocycles. The van der Waals surface area contributed by atoms with Crippen LogP contribution in [0.5, 0.6) is 0 Å². The Balaban J connectivity index is 2.10. The molecule has 21 heavy (non-hydrogen) atoms. The summed E-state index contributed by atoms with van der Waals surface area (Å²) < 4.78 is 0. The van der Waals surface area contributed by atoms with Crippen molar-refractivity contribution in [2.45, 2.75) is 45.1 Å². The molecular formula is C17H26N2O2. The fourth-order valence-corrected chi connectivity index (χ4v) is 3.02. The van der Waals surface area contributed by atoms with Crippen LogP contribution in [0.25, 0.3) is 0 Å². The summed E-state index contributed by atoms with van der Waals surface area (Å²) in [6.07, 6.45) is 4.09. The zero-order valence-corrected chi connectivity index (χ0v) is 13.1. The van der Waals surface area contributed by atoms with Crippen LogP contribution in [0.2, 0.25) is 0 Å². The predicted molar refractivity (Wildman–Crippen MR) is 85.9 cm³/mol. The summed E-state index contributed by atoms with van der Waals surface area (Å²) in [6, 6.07) is 8.50. The monoisotopic (exact) mass is 290 g/mol. The maximum Gasteiger partial charge on any atom is 0.323 e. The lowest BCUT2D eigenvalue weighted by Crippen LogP contribution is -2.51. The summed E-state index contributed by atoms with van der Waals surface area (Å²) >= 11 is 0. The van der Waals surface area contributed by atoms with Gasteiger partial charge < -0.3 is 15.3 Å². The quantitative estimate of drug-likeness (QED) is 0.846. The third kappa shape index (κ3) is 3.76. The van der Waals surface area contributed by atoms with E-state index in [-0.39, 0.29) is 0 Å². The Labute approximate surface area is 127 Å². The molecule has 0 aromatic heterocycles. The average molecular weight is 290 g/mol. The van der Waals surface area contributed by atoms with E-state index in [0.29, 0.717) is 13.0 Å². The van der Waals surface area contributed by atoms with Crippen LogP contribution in [0.15, 0.2) is 24.3 Å². The van der Waals surface area contributed by atoms with Gasteiger partial charge in [-0.15, -0.1) is 0 Å². The van der Waals surface area contributed by atoms with Gasteiger partial charge in [-0.2, -0.15) is 0 Å². The second-order valence-corrected chi connectivity index (χ2v) is 5.99. The number of anilines is 1. The summed E-state index contributed by atoms with van der Waals surface area (Å²) in [5, 5.41) is 12.6. The minimum absolute atomic E-state index is 0.602. The number of nitrogens with zero attached hydrogens (tertiary/aromatic N) is 1. The normalized spacial score (nSPS) is 17.7. The number of nitrogens with one attached hydrogen (secondary N) is 1. The van der Waals surface area contributed by atoms with Gasteiger partial charge in [0.05, 0.1) is 0 Å². The molecule has 1 atom stereocenters. The fourth-order valence-electron chi connectivity index (χ4n) is 3.02. The van der Waals surface area contributed by atoms with Crippen molar-refractivity contribution in [1.29, 1.82) is 0 Å². The third-order valence-electron chi connectivity index (χ3n) is 4.38. The number of likely N-dealkylation sites (N-methyl/N-ethyl adjacent to an activating group) is 1. The summed E-state index contributed by atoms with van der Waals surface area (Å²) in [5.41, 5.74) is 1.81. The molecule has 0 spiro atoms. The molecule has 1 aromatic carbocycles. The molecule has 0 saturated carbocycles. The van der Waals surface area contributed by atoms with Crippen LogP contribution in [0.1, 0.15) is 38.7 Å². The zero-order chi connectivity index (χ0) is 15.3. The van der Waals surface area contributed by atoms with Crippen molar-refractivity contribution in [2.24, 2.45) is 0 Å². The number of carbonyl (C=O) groups is 1. The van der Waals surface area contributed by atoms with E-state index in [1.54, 1.807) is 6.92 Å². The molecular weight excluding hydrogens is 264 g/mol. The SMILES string of the molecule is CCNC(C)(CCN1CCCCc2ccccc21)C(=O)O. The first-order valence-corrected chi connectivity index (χ1v) is 7.88. The number of aliphatic carboxylic acids is 1. The van der Waals surface area contributed by atoms with Crippen molar-refractivity contribution >= 4 is 11.7 Å². The smallest absolute Gasteiger partial charge is 0.323 e. The van der Waals surface area contributed by atoms with Crippen LogP contribution < -0.4 is 10.2 Å². The number of carboxylic acids is 1. The minimum atomic E-state index is -0.851. The fraction of sp³-hybridized carbons (Fsp3) is 0.588. The standard InChI is InChI=1S/C17H26N2O2/c1-3-18-17(2,16(20)21)11-13-19-12-7-6-9-14-8-4-5-10-15(14)19/h4-5,8,10,18H,3,6-7,9,11-13H2,1-2H3,(H,20,21). The minimum Gasteiger partial charge on any atom is -0.480 e. The summed E-state index contributed by atoms with van der Waals surface area (Å²) in [7, 11) is 0. The molecule has 0 aliphatic carbocycles. The maximum absolute atomic E-state index is 11.5. The lowest BCUT2D eigenvalue weighted by Gasteiger charge is -2.31. The second-order valence-electron chi connectivity index (χ2n) is 5.99. The summed E-state index contributed by atoms with van der Waals surface area (Å²) in [4.78, 5) is 13.9. The molecule has 1 aliphatic heterocycles. The highest BCUT2D eigenvalue weighted by Crippen LogP contribution is 2.27. The van der Waals surface area contributed by atoms with Gasteiger partial charge in [0.15, 0.2) is 0 Å². The topological polar surface area (TPSA) is 52.6 Å². The van der Waals surface area contributed by atoms with Gasteiger partial charge in [0.25, 0.3) is 0 Å². The molecule has 0 bridgehead atoms. The number of aryl methyl sites for hydroxylation is 1. The molecule has 2 rings (SSSR count). The van der Waals surface area contributed by atoms with E-state index < -0.39 is 11.5 Å². The van der Waals surface area contributed by atoms with Gasteiger partial charge in [-0.1, -0.05) is 25.1 Å². The van der Waals surface area contributed by atoms with Crippen LogP contribution in [0.3, 0.4) is 0 Å². The molecule has 0 saturated heterocycles. The molecule has 4 nitrogen and oxygen atoms in total. The molecule has 1 unspecified atom stereocenters. The van der Waals surface area contributed by atoms with E-state index in [9.17, 15) is 9.90 Å². The maximum atomic E-state index is 11.5. The molecule has 4 heteroatoms. The molecule has 0 fully saturated rings. The Morgan fingerprint density at radius 3 is 2.86 bits per heavy atom. The van der Waals surface area contributed by atoms with Gasteiger partial charge in [-0.3, -0.25) is 4.79 Å². The van der Waals surface area contributed by atoms with Crippen molar-refractivity contribution in [2.75, 3.05) is 24.5 Å². The van der Waals surface area contributed by atoms with Crippen LogP contribution in [0.4, 0.5) is 5.69 Å². The Hall–Kier alpha value is -1.55.